The standard InChI is InChI=1S/C14H19NO5S/c1-10-7-11(14(16)17)9-15(8-10)21(18,19)13-6-4-3-5-12(13)20-2/h3-6,10-11H,7-9H2,1-2H3,(H,16,17). The van der Waals surface area contributed by atoms with Crippen LogP contribution in [-0.2, 0) is 14.8 Å². The first-order chi connectivity index (χ1) is 9.86. The summed E-state index contributed by atoms with van der Waals surface area (Å²) in [5, 5.41) is 9.16. The summed E-state index contributed by atoms with van der Waals surface area (Å²) in [6.07, 6.45) is 0.493. The van der Waals surface area contributed by atoms with Gasteiger partial charge < -0.3 is 9.84 Å². The SMILES string of the molecule is COc1ccccc1S(=O)(=O)N1CC(C)CC(C(=O)O)C1. The molecule has 1 N–H and O–H groups in total. The van der Waals surface area contributed by atoms with Crippen LogP contribution >= 0.6 is 0 Å². The molecule has 7 heteroatoms. The lowest BCUT2D eigenvalue weighted by Gasteiger charge is -2.33. The lowest BCUT2D eigenvalue weighted by atomic mass is 9.92. The van der Waals surface area contributed by atoms with Crippen molar-refractivity contribution in [3.63, 3.8) is 0 Å². The molecule has 2 atom stereocenters. The number of methoxy groups -OCH3 is 1. The Kier molecular flexibility index (Phi) is 4.53. The van der Waals surface area contributed by atoms with Gasteiger partial charge in [-0.3, -0.25) is 4.79 Å². The van der Waals surface area contributed by atoms with E-state index in [0.29, 0.717) is 13.0 Å². The van der Waals surface area contributed by atoms with E-state index >= 15 is 0 Å². The molecule has 1 aromatic carbocycles. The number of sulfonamides is 1. The van der Waals surface area contributed by atoms with Gasteiger partial charge in [0.05, 0.1) is 13.0 Å². The first-order valence-corrected chi connectivity index (χ1v) is 8.16. The topological polar surface area (TPSA) is 83.9 Å². The third-order valence-electron chi connectivity index (χ3n) is 3.66. The van der Waals surface area contributed by atoms with E-state index in [2.05, 4.69) is 0 Å². The highest BCUT2D eigenvalue weighted by atomic mass is 32.2. The molecule has 0 aromatic heterocycles. The maximum atomic E-state index is 12.7. The Labute approximate surface area is 124 Å². The van der Waals surface area contributed by atoms with Crippen LogP contribution in [0.1, 0.15) is 13.3 Å². The molecule has 1 heterocycles. The van der Waals surface area contributed by atoms with Crippen molar-refractivity contribution in [1.29, 1.82) is 0 Å². The van der Waals surface area contributed by atoms with E-state index in [0.717, 1.165) is 0 Å². The van der Waals surface area contributed by atoms with Gasteiger partial charge in [-0.15, -0.1) is 0 Å². The van der Waals surface area contributed by atoms with Gasteiger partial charge in [0.2, 0.25) is 10.0 Å². The van der Waals surface area contributed by atoms with Crippen LogP contribution in [0.25, 0.3) is 0 Å². The van der Waals surface area contributed by atoms with Gasteiger partial charge in [0.1, 0.15) is 10.6 Å². The quantitative estimate of drug-likeness (QED) is 0.909. The molecule has 6 nitrogen and oxygen atoms in total. The molecule has 2 unspecified atom stereocenters. The van der Waals surface area contributed by atoms with Gasteiger partial charge in [-0.05, 0) is 24.5 Å². The number of piperidine rings is 1. The van der Waals surface area contributed by atoms with Crippen LogP contribution < -0.4 is 4.74 Å². The van der Waals surface area contributed by atoms with Crippen molar-refractivity contribution in [1.82, 2.24) is 4.31 Å². The monoisotopic (exact) mass is 313 g/mol. The first kappa shape index (κ1) is 15.8. The number of hydrogen-bond acceptors (Lipinski definition) is 4. The number of nitrogens with zero attached hydrogens (tertiary/aromatic N) is 1. The van der Waals surface area contributed by atoms with E-state index in [1.54, 1.807) is 18.2 Å². The maximum Gasteiger partial charge on any atom is 0.307 e. The van der Waals surface area contributed by atoms with Crippen molar-refractivity contribution < 1.29 is 23.1 Å². The molecule has 0 spiro atoms. The van der Waals surface area contributed by atoms with Crippen molar-refractivity contribution in [2.24, 2.45) is 11.8 Å². The molecule has 1 saturated heterocycles. The van der Waals surface area contributed by atoms with E-state index in [1.165, 1.54) is 17.5 Å². The average molecular weight is 313 g/mol. The Hall–Kier alpha value is -1.60. The zero-order valence-corrected chi connectivity index (χ0v) is 12.8. The van der Waals surface area contributed by atoms with Crippen molar-refractivity contribution in [2.75, 3.05) is 20.2 Å². The van der Waals surface area contributed by atoms with Gasteiger partial charge in [-0.2, -0.15) is 4.31 Å². The molecule has 116 valence electrons. The fourth-order valence-corrected chi connectivity index (χ4v) is 4.41. The minimum absolute atomic E-state index is 0.0000548. The van der Waals surface area contributed by atoms with Crippen LogP contribution in [0.5, 0.6) is 5.75 Å². The summed E-state index contributed by atoms with van der Waals surface area (Å²) < 4.78 is 31.8. The smallest absolute Gasteiger partial charge is 0.307 e. The molecule has 21 heavy (non-hydrogen) atoms. The summed E-state index contributed by atoms with van der Waals surface area (Å²) in [5.74, 6) is -1.35. The Bertz CT molecular complexity index is 628. The van der Waals surface area contributed by atoms with E-state index in [9.17, 15) is 13.2 Å². The van der Waals surface area contributed by atoms with Crippen molar-refractivity contribution in [2.45, 2.75) is 18.2 Å². The first-order valence-electron chi connectivity index (χ1n) is 6.72. The van der Waals surface area contributed by atoms with Crippen molar-refractivity contribution in [3.05, 3.63) is 24.3 Å². The van der Waals surface area contributed by atoms with Crippen LogP contribution in [0.2, 0.25) is 0 Å². The fourth-order valence-electron chi connectivity index (χ4n) is 2.65. The van der Waals surface area contributed by atoms with Crippen LogP contribution in [0, 0.1) is 11.8 Å². The Morgan fingerprint density at radius 2 is 2.00 bits per heavy atom. The van der Waals surface area contributed by atoms with Crippen molar-refractivity contribution in [3.8, 4) is 5.75 Å². The van der Waals surface area contributed by atoms with Crippen LogP contribution in [-0.4, -0.2) is 44.0 Å². The number of para-hydroxylation sites is 1. The molecular formula is C14H19NO5S. The van der Waals surface area contributed by atoms with Gasteiger partial charge in [0.25, 0.3) is 0 Å². The molecule has 1 aromatic rings. The van der Waals surface area contributed by atoms with Crippen molar-refractivity contribution >= 4 is 16.0 Å². The lowest BCUT2D eigenvalue weighted by molar-refractivity contribution is -0.143. The number of ether oxygens (including phenoxy) is 1. The fraction of sp³-hybridized carbons (Fsp3) is 0.500. The molecule has 1 aliphatic rings. The third kappa shape index (κ3) is 3.19. The maximum absolute atomic E-state index is 12.7. The summed E-state index contributed by atoms with van der Waals surface area (Å²) in [4.78, 5) is 11.3. The number of carbonyl (C=O) groups is 1. The number of hydrogen-bond donors (Lipinski definition) is 1. The number of rotatable bonds is 4. The molecule has 1 aliphatic heterocycles. The molecule has 0 radical (unpaired) electrons. The van der Waals surface area contributed by atoms with E-state index in [-0.39, 0.29) is 23.1 Å². The summed E-state index contributed by atoms with van der Waals surface area (Å²) in [5.41, 5.74) is 0. The van der Waals surface area contributed by atoms with E-state index in [1.807, 2.05) is 6.92 Å². The predicted octanol–water partition coefficient (Wildman–Crippen LogP) is 1.43. The van der Waals surface area contributed by atoms with Crippen LogP contribution in [0.4, 0.5) is 0 Å². The zero-order chi connectivity index (χ0) is 15.6. The average Bonchev–Trinajstić information content (AvgIpc) is 2.46. The van der Waals surface area contributed by atoms with E-state index in [4.69, 9.17) is 9.84 Å². The van der Waals surface area contributed by atoms with Gasteiger partial charge in [-0.1, -0.05) is 19.1 Å². The minimum Gasteiger partial charge on any atom is -0.495 e. The molecule has 1 fully saturated rings. The predicted molar refractivity (Wildman–Crippen MR) is 76.7 cm³/mol. The Morgan fingerprint density at radius 3 is 2.62 bits per heavy atom. The van der Waals surface area contributed by atoms with E-state index < -0.39 is 21.9 Å². The Morgan fingerprint density at radius 1 is 1.33 bits per heavy atom. The van der Waals surface area contributed by atoms with Gasteiger partial charge in [0, 0.05) is 13.1 Å². The molecule has 0 saturated carbocycles. The normalized spacial score (nSPS) is 23.7. The summed E-state index contributed by atoms with van der Waals surface area (Å²) in [6.45, 7) is 2.18. The number of aliphatic carboxylic acids is 1. The molecule has 0 bridgehead atoms. The largest absolute Gasteiger partial charge is 0.495 e. The summed E-state index contributed by atoms with van der Waals surface area (Å²) in [6, 6.07) is 6.37. The molecule has 2 rings (SSSR count). The molecule has 0 aliphatic carbocycles. The second-order valence-electron chi connectivity index (χ2n) is 5.35. The van der Waals surface area contributed by atoms with Gasteiger partial charge in [-0.25, -0.2) is 8.42 Å². The summed E-state index contributed by atoms with van der Waals surface area (Å²) >= 11 is 0. The van der Waals surface area contributed by atoms with Crippen LogP contribution in [0.15, 0.2) is 29.2 Å². The highest BCUT2D eigenvalue weighted by molar-refractivity contribution is 7.89. The second-order valence-corrected chi connectivity index (χ2v) is 7.26. The minimum atomic E-state index is -3.76. The second kappa shape index (κ2) is 6.03. The third-order valence-corrected chi connectivity index (χ3v) is 5.53. The lowest BCUT2D eigenvalue weighted by Crippen LogP contribution is -2.45. The number of benzene rings is 1. The summed E-state index contributed by atoms with van der Waals surface area (Å²) in [7, 11) is -2.35. The number of carboxylic acids is 1. The van der Waals surface area contributed by atoms with Gasteiger partial charge >= 0.3 is 5.97 Å². The van der Waals surface area contributed by atoms with Gasteiger partial charge in [0.15, 0.2) is 0 Å². The highest BCUT2D eigenvalue weighted by Gasteiger charge is 2.37. The highest BCUT2D eigenvalue weighted by Crippen LogP contribution is 2.31. The van der Waals surface area contributed by atoms with Crippen LogP contribution in [0.3, 0.4) is 0 Å². The molecule has 0 amide bonds. The zero-order valence-electron chi connectivity index (χ0n) is 12.0. The molecular weight excluding hydrogens is 294 g/mol. The Balaban J connectivity index is 2.36. The number of carboxylic acid groups (broad SMARTS) is 1.